The van der Waals surface area contributed by atoms with Gasteiger partial charge in [0.25, 0.3) is 0 Å². The van der Waals surface area contributed by atoms with E-state index in [0.29, 0.717) is 0 Å². The van der Waals surface area contributed by atoms with Gasteiger partial charge in [-0.2, -0.15) is 0 Å². The Balaban J connectivity index is 1.31. The Morgan fingerprint density at radius 1 is 0.333 bits per heavy atom. The molecule has 0 saturated carbocycles. The number of nitrogens with zero attached hydrogens (tertiary/aromatic N) is 2. The molecule has 2 heteroatoms. The van der Waals surface area contributed by atoms with Crippen molar-refractivity contribution in [2.75, 3.05) is 0 Å². The van der Waals surface area contributed by atoms with Crippen molar-refractivity contribution < 1.29 is 0 Å². The highest BCUT2D eigenvalue weighted by atomic mass is 14.9. The largest absolute Gasteiger partial charge is 0.308 e. The molecule has 0 saturated heterocycles. The molecule has 0 spiro atoms. The third-order valence-corrected chi connectivity index (χ3v) is 12.2. The fourth-order valence-electron chi connectivity index (χ4n) is 10.5. The molecule has 0 N–H and O–H groups in total. The molecule has 234 valence electrons. The second kappa shape index (κ2) is 8.93. The van der Waals surface area contributed by atoms with Gasteiger partial charge in [-0.25, -0.2) is 0 Å². The van der Waals surface area contributed by atoms with E-state index in [9.17, 15) is 0 Å². The highest BCUT2D eigenvalue weighted by Gasteiger charge is 2.47. The van der Waals surface area contributed by atoms with Gasteiger partial charge in [-0.15, -0.1) is 0 Å². The number of hydrogen-bond donors (Lipinski definition) is 0. The van der Waals surface area contributed by atoms with E-state index in [0.717, 1.165) is 0 Å². The lowest BCUT2D eigenvalue weighted by Gasteiger charge is -2.33. The van der Waals surface area contributed by atoms with E-state index in [1.54, 1.807) is 0 Å². The van der Waals surface area contributed by atoms with E-state index in [1.165, 1.54) is 110 Å². The Morgan fingerprint density at radius 2 is 0.941 bits per heavy atom. The lowest BCUT2D eigenvalue weighted by atomic mass is 9.67. The maximum atomic E-state index is 2.56. The summed E-state index contributed by atoms with van der Waals surface area (Å²) in [6.45, 7) is 0. The normalized spacial score (nSPS) is 14.0. The molecule has 0 aliphatic heterocycles. The molecule has 4 heterocycles. The Hall–Kier alpha value is -6.64. The van der Waals surface area contributed by atoms with Crippen LogP contribution in [0.4, 0.5) is 0 Å². The van der Waals surface area contributed by atoms with Gasteiger partial charge >= 0.3 is 0 Å². The molecule has 0 atom stereocenters. The van der Waals surface area contributed by atoms with Crippen LogP contribution in [0.1, 0.15) is 22.3 Å². The van der Waals surface area contributed by atoms with Crippen LogP contribution in [0.25, 0.3) is 87.3 Å². The molecule has 0 amide bonds. The van der Waals surface area contributed by atoms with E-state index in [2.05, 4.69) is 179 Å². The summed E-state index contributed by atoms with van der Waals surface area (Å²) in [5.41, 5.74) is 15.2. The Kier molecular flexibility index (Phi) is 4.60. The first-order chi connectivity index (χ1) is 25.4. The number of benzene rings is 8. The molecule has 1 aliphatic carbocycles. The van der Waals surface area contributed by atoms with Gasteiger partial charge < -0.3 is 8.80 Å². The molecule has 0 fully saturated rings. The first kappa shape index (κ1) is 26.3. The maximum Gasteiger partial charge on any atom is 0.0713 e. The van der Waals surface area contributed by atoms with Crippen molar-refractivity contribution in [2.45, 2.75) is 5.41 Å². The first-order valence-corrected chi connectivity index (χ1v) is 17.9. The van der Waals surface area contributed by atoms with Crippen molar-refractivity contribution in [3.05, 3.63) is 192 Å². The molecule has 12 aromatic rings. The fourth-order valence-corrected chi connectivity index (χ4v) is 10.5. The standard InChI is InChI=1S/C49H28N2/c1-3-14-29(15-4-1)49(30-16-5-2-6-17-30)37-23-10-7-19-33(37)43-38(49)26-27-41-45(43)36-28-42-44(46-34-20-9-12-25-40(34)50(41)48(36)46)35-22-13-21-32-31-18-8-11-24-39(31)51(42)47(32)35/h1-28H. The van der Waals surface area contributed by atoms with E-state index in [4.69, 9.17) is 0 Å². The highest BCUT2D eigenvalue weighted by molar-refractivity contribution is 6.38. The SMILES string of the molecule is c1ccc(C2(c3ccccc3)c3ccccc3-c3c2ccc2c3c3cc4c(c5cccc6c7ccccc7n4c65)c4c5ccccc5n2c34)cc1. The monoisotopic (exact) mass is 644 g/mol. The summed E-state index contributed by atoms with van der Waals surface area (Å²) >= 11 is 0. The van der Waals surface area contributed by atoms with Crippen LogP contribution in [-0.4, -0.2) is 8.80 Å². The fraction of sp³-hybridized carbons (Fsp3) is 0.0204. The van der Waals surface area contributed by atoms with Gasteiger partial charge in [-0.1, -0.05) is 146 Å². The molecule has 0 bridgehead atoms. The minimum Gasteiger partial charge on any atom is -0.308 e. The van der Waals surface area contributed by atoms with Gasteiger partial charge in [0.2, 0.25) is 0 Å². The van der Waals surface area contributed by atoms with Crippen LogP contribution in [0.3, 0.4) is 0 Å². The summed E-state index contributed by atoms with van der Waals surface area (Å²) in [6, 6.07) is 63.6. The Bertz CT molecular complexity index is 3360. The molecule has 1 aliphatic rings. The summed E-state index contributed by atoms with van der Waals surface area (Å²) in [5, 5.41) is 10.6. The van der Waals surface area contributed by atoms with Crippen LogP contribution in [0.2, 0.25) is 0 Å². The molecule has 0 radical (unpaired) electrons. The second-order valence-corrected chi connectivity index (χ2v) is 14.4. The molecule has 2 nitrogen and oxygen atoms in total. The molecular weight excluding hydrogens is 617 g/mol. The lowest BCUT2D eigenvalue weighted by molar-refractivity contribution is 0.769. The van der Waals surface area contributed by atoms with Gasteiger partial charge in [0.1, 0.15) is 0 Å². The molecule has 0 unspecified atom stereocenters. The van der Waals surface area contributed by atoms with E-state index in [-0.39, 0.29) is 0 Å². The van der Waals surface area contributed by atoms with Crippen molar-refractivity contribution in [1.29, 1.82) is 0 Å². The van der Waals surface area contributed by atoms with Crippen LogP contribution in [0, 0.1) is 0 Å². The summed E-state index contributed by atoms with van der Waals surface area (Å²) in [6.07, 6.45) is 0. The van der Waals surface area contributed by atoms with Gasteiger partial charge in [-0.3, -0.25) is 0 Å². The zero-order chi connectivity index (χ0) is 33.0. The number of hydrogen-bond acceptors (Lipinski definition) is 0. The highest BCUT2D eigenvalue weighted by Crippen LogP contribution is 2.59. The molecule has 4 aromatic heterocycles. The van der Waals surface area contributed by atoms with Crippen LogP contribution < -0.4 is 0 Å². The quantitative estimate of drug-likeness (QED) is 0.177. The number of rotatable bonds is 2. The van der Waals surface area contributed by atoms with Gasteiger partial charge in [0, 0.05) is 43.1 Å². The van der Waals surface area contributed by atoms with Crippen molar-refractivity contribution in [3.8, 4) is 11.1 Å². The third-order valence-electron chi connectivity index (χ3n) is 12.2. The van der Waals surface area contributed by atoms with Crippen LogP contribution >= 0.6 is 0 Å². The first-order valence-electron chi connectivity index (χ1n) is 17.9. The zero-order valence-corrected chi connectivity index (χ0v) is 27.6. The number of aromatic nitrogens is 2. The van der Waals surface area contributed by atoms with Crippen molar-refractivity contribution in [2.24, 2.45) is 0 Å². The van der Waals surface area contributed by atoms with E-state index < -0.39 is 5.41 Å². The van der Waals surface area contributed by atoms with E-state index >= 15 is 0 Å². The van der Waals surface area contributed by atoms with Crippen molar-refractivity contribution in [1.82, 2.24) is 8.80 Å². The van der Waals surface area contributed by atoms with E-state index in [1.807, 2.05) is 0 Å². The maximum absolute atomic E-state index is 2.56. The predicted octanol–water partition coefficient (Wildman–Crippen LogP) is 12.3. The van der Waals surface area contributed by atoms with Gasteiger partial charge in [0.15, 0.2) is 0 Å². The van der Waals surface area contributed by atoms with Gasteiger partial charge in [0.05, 0.1) is 38.5 Å². The smallest absolute Gasteiger partial charge is 0.0713 e. The van der Waals surface area contributed by atoms with Crippen LogP contribution in [-0.2, 0) is 5.41 Å². The minimum atomic E-state index is -0.447. The Morgan fingerprint density at radius 3 is 1.73 bits per heavy atom. The van der Waals surface area contributed by atoms with Crippen LogP contribution in [0.15, 0.2) is 170 Å². The van der Waals surface area contributed by atoms with Crippen molar-refractivity contribution in [3.63, 3.8) is 0 Å². The zero-order valence-electron chi connectivity index (χ0n) is 27.6. The minimum absolute atomic E-state index is 0.447. The number of para-hydroxylation sites is 3. The lowest BCUT2D eigenvalue weighted by Crippen LogP contribution is -2.28. The van der Waals surface area contributed by atoms with Crippen LogP contribution in [0.5, 0.6) is 0 Å². The molecule has 8 aromatic carbocycles. The third kappa shape index (κ3) is 2.85. The molecule has 51 heavy (non-hydrogen) atoms. The Labute approximate surface area is 292 Å². The number of fused-ring (bicyclic) bond motifs is 17. The average molecular weight is 645 g/mol. The summed E-state index contributed by atoms with van der Waals surface area (Å²) in [4.78, 5) is 0. The molecular formula is C49H28N2. The topological polar surface area (TPSA) is 8.82 Å². The summed E-state index contributed by atoms with van der Waals surface area (Å²) in [7, 11) is 0. The average Bonchev–Trinajstić information content (AvgIpc) is 3.98. The summed E-state index contributed by atoms with van der Waals surface area (Å²) < 4.78 is 5.11. The van der Waals surface area contributed by atoms with Crippen molar-refractivity contribution >= 4 is 76.2 Å². The van der Waals surface area contributed by atoms with Gasteiger partial charge in [-0.05, 0) is 57.6 Å². The second-order valence-electron chi connectivity index (χ2n) is 14.4. The summed E-state index contributed by atoms with van der Waals surface area (Å²) in [5.74, 6) is 0. The predicted molar refractivity (Wildman–Crippen MR) is 213 cm³/mol. The molecule has 13 rings (SSSR count).